The fraction of sp³-hybridized carbons (Fsp3) is 0.118. The van der Waals surface area contributed by atoms with Gasteiger partial charge < -0.3 is 4.98 Å². The first-order valence-corrected chi connectivity index (χ1v) is 8.67. The molecule has 0 atom stereocenters. The summed E-state index contributed by atoms with van der Waals surface area (Å²) in [5.74, 6) is -0.147. The van der Waals surface area contributed by atoms with Crippen LogP contribution in [-0.4, -0.2) is 32.3 Å². The van der Waals surface area contributed by atoms with E-state index in [1.165, 1.54) is 23.9 Å². The maximum Gasteiger partial charge on any atom is 0.270 e. The number of carbonyl (C=O) groups is 1. The van der Waals surface area contributed by atoms with E-state index >= 15 is 0 Å². The molecule has 0 saturated carbocycles. The van der Waals surface area contributed by atoms with E-state index in [1.807, 2.05) is 24.3 Å². The number of amides is 1. The number of fused-ring (bicyclic) bond motifs is 1. The molecule has 0 radical (unpaired) electrons. The van der Waals surface area contributed by atoms with Crippen molar-refractivity contribution in [3.8, 4) is 0 Å². The topological polar surface area (TPSA) is 113 Å². The number of aromatic amines is 1. The van der Waals surface area contributed by atoms with Gasteiger partial charge in [0.25, 0.3) is 11.6 Å². The number of nitrogens with one attached hydrogen (secondary N) is 2. The molecule has 0 aliphatic carbocycles. The third-order valence-corrected chi connectivity index (χ3v) is 4.40. The Bertz CT molecular complexity index is 966. The standard InChI is InChI=1S/C17H15N5O3S/c1-11(12-5-4-6-13(9-12)22(24)25)20-21-16(23)10-26-17-18-14-7-2-3-8-15(14)19-17/h2-9H,10H2,1H3,(H,18,19)(H,21,23). The average molecular weight is 369 g/mol. The number of hydrazone groups is 1. The summed E-state index contributed by atoms with van der Waals surface area (Å²) in [6.07, 6.45) is 0. The van der Waals surface area contributed by atoms with Crippen molar-refractivity contribution in [2.24, 2.45) is 5.10 Å². The fourth-order valence-corrected chi connectivity index (χ4v) is 2.90. The first kappa shape index (κ1) is 17.6. The van der Waals surface area contributed by atoms with E-state index < -0.39 is 4.92 Å². The molecule has 1 aromatic heterocycles. The lowest BCUT2D eigenvalue weighted by Crippen LogP contribution is -2.21. The van der Waals surface area contributed by atoms with Crippen LogP contribution >= 0.6 is 11.8 Å². The Morgan fingerprint density at radius 2 is 2.12 bits per heavy atom. The minimum absolute atomic E-state index is 0.0242. The van der Waals surface area contributed by atoms with Gasteiger partial charge >= 0.3 is 0 Å². The van der Waals surface area contributed by atoms with Crippen LogP contribution in [0.25, 0.3) is 11.0 Å². The largest absolute Gasteiger partial charge is 0.333 e. The van der Waals surface area contributed by atoms with E-state index in [1.54, 1.807) is 19.1 Å². The van der Waals surface area contributed by atoms with Crippen LogP contribution in [0.15, 0.2) is 58.8 Å². The van der Waals surface area contributed by atoms with Crippen LogP contribution in [0.1, 0.15) is 12.5 Å². The van der Waals surface area contributed by atoms with Gasteiger partial charge in [-0.25, -0.2) is 10.4 Å². The monoisotopic (exact) mass is 369 g/mol. The number of nitro benzene ring substituents is 1. The van der Waals surface area contributed by atoms with Crippen molar-refractivity contribution in [1.82, 2.24) is 15.4 Å². The summed E-state index contributed by atoms with van der Waals surface area (Å²) in [4.78, 5) is 29.8. The summed E-state index contributed by atoms with van der Waals surface area (Å²) in [7, 11) is 0. The molecule has 26 heavy (non-hydrogen) atoms. The van der Waals surface area contributed by atoms with E-state index in [4.69, 9.17) is 0 Å². The Morgan fingerprint density at radius 1 is 1.31 bits per heavy atom. The van der Waals surface area contributed by atoms with Gasteiger partial charge in [-0.1, -0.05) is 36.0 Å². The number of thioether (sulfide) groups is 1. The van der Waals surface area contributed by atoms with E-state index in [9.17, 15) is 14.9 Å². The Labute approximate surface area is 152 Å². The highest BCUT2D eigenvalue weighted by molar-refractivity contribution is 7.99. The lowest BCUT2D eigenvalue weighted by molar-refractivity contribution is -0.384. The lowest BCUT2D eigenvalue weighted by Gasteiger charge is -2.02. The molecule has 0 unspecified atom stereocenters. The molecule has 3 rings (SSSR count). The molecule has 8 nitrogen and oxygen atoms in total. The maximum absolute atomic E-state index is 12.0. The summed E-state index contributed by atoms with van der Waals surface area (Å²) < 4.78 is 0. The molecule has 2 N–H and O–H groups in total. The molecule has 3 aromatic rings. The van der Waals surface area contributed by atoms with E-state index in [2.05, 4.69) is 20.5 Å². The second-order valence-corrected chi connectivity index (χ2v) is 6.35. The van der Waals surface area contributed by atoms with Gasteiger partial charge in [0.1, 0.15) is 0 Å². The molecule has 9 heteroatoms. The van der Waals surface area contributed by atoms with E-state index in [0.29, 0.717) is 16.4 Å². The van der Waals surface area contributed by atoms with Gasteiger partial charge in [0.15, 0.2) is 5.16 Å². The van der Waals surface area contributed by atoms with Crippen LogP contribution in [0.4, 0.5) is 5.69 Å². The van der Waals surface area contributed by atoms with Crippen LogP contribution in [0.3, 0.4) is 0 Å². The summed E-state index contributed by atoms with van der Waals surface area (Å²) >= 11 is 1.27. The van der Waals surface area contributed by atoms with Crippen molar-refractivity contribution >= 4 is 40.1 Å². The smallest absolute Gasteiger partial charge is 0.270 e. The Balaban J connectivity index is 1.58. The molecular weight excluding hydrogens is 354 g/mol. The fourth-order valence-electron chi connectivity index (χ4n) is 2.22. The number of benzene rings is 2. The highest BCUT2D eigenvalue weighted by Crippen LogP contribution is 2.19. The van der Waals surface area contributed by atoms with Crippen molar-refractivity contribution in [3.05, 3.63) is 64.2 Å². The summed E-state index contributed by atoms with van der Waals surface area (Å²) in [6, 6.07) is 13.7. The molecule has 2 aromatic carbocycles. The van der Waals surface area contributed by atoms with Crippen LogP contribution in [-0.2, 0) is 4.79 Å². The molecule has 0 bridgehead atoms. The number of H-pyrrole nitrogens is 1. The number of nitro groups is 1. The number of hydrogen-bond acceptors (Lipinski definition) is 6. The second-order valence-electron chi connectivity index (χ2n) is 5.39. The summed E-state index contributed by atoms with van der Waals surface area (Å²) in [5.41, 5.74) is 5.24. The molecular formula is C17H15N5O3S. The van der Waals surface area contributed by atoms with Crippen LogP contribution in [0.2, 0.25) is 0 Å². The van der Waals surface area contributed by atoms with Crippen molar-refractivity contribution in [2.75, 3.05) is 5.75 Å². The molecule has 0 fully saturated rings. The second kappa shape index (κ2) is 7.79. The van der Waals surface area contributed by atoms with Gasteiger partial charge in [0.2, 0.25) is 0 Å². The number of imidazole rings is 1. The number of non-ortho nitro benzene ring substituents is 1. The number of aromatic nitrogens is 2. The maximum atomic E-state index is 12.0. The van der Waals surface area contributed by atoms with Gasteiger partial charge in [-0.15, -0.1) is 0 Å². The van der Waals surface area contributed by atoms with Gasteiger partial charge in [-0.05, 0) is 19.1 Å². The SMILES string of the molecule is CC(=NNC(=O)CSc1nc2ccccc2[nH]1)c1cccc([N+](=O)[O-])c1. The van der Waals surface area contributed by atoms with Gasteiger partial charge in [-0.3, -0.25) is 14.9 Å². The molecule has 1 heterocycles. The minimum Gasteiger partial charge on any atom is -0.333 e. The van der Waals surface area contributed by atoms with E-state index in [0.717, 1.165) is 11.0 Å². The van der Waals surface area contributed by atoms with Crippen molar-refractivity contribution in [3.63, 3.8) is 0 Å². The number of carbonyl (C=O) groups excluding carboxylic acids is 1. The molecule has 0 spiro atoms. The minimum atomic E-state index is -0.473. The normalized spacial score (nSPS) is 11.5. The third kappa shape index (κ3) is 4.25. The molecule has 0 aliphatic heterocycles. The number of para-hydroxylation sites is 2. The van der Waals surface area contributed by atoms with Crippen LogP contribution in [0, 0.1) is 10.1 Å². The first-order chi connectivity index (χ1) is 12.5. The van der Waals surface area contributed by atoms with Gasteiger partial charge in [0, 0.05) is 17.7 Å². The van der Waals surface area contributed by atoms with Crippen molar-refractivity contribution < 1.29 is 9.72 Å². The predicted octanol–water partition coefficient (Wildman–Crippen LogP) is 3.10. The van der Waals surface area contributed by atoms with E-state index in [-0.39, 0.29) is 17.3 Å². The average Bonchev–Trinajstić information content (AvgIpc) is 3.07. The number of rotatable bonds is 6. The summed E-state index contributed by atoms with van der Waals surface area (Å²) in [5, 5.41) is 15.5. The number of nitrogens with zero attached hydrogens (tertiary/aromatic N) is 3. The van der Waals surface area contributed by atoms with Crippen LogP contribution in [0.5, 0.6) is 0 Å². The Hall–Kier alpha value is -3.20. The third-order valence-electron chi connectivity index (χ3n) is 3.53. The van der Waals surface area contributed by atoms with Crippen molar-refractivity contribution in [2.45, 2.75) is 12.1 Å². The lowest BCUT2D eigenvalue weighted by atomic mass is 10.1. The zero-order valence-corrected chi connectivity index (χ0v) is 14.6. The molecule has 0 saturated heterocycles. The summed E-state index contributed by atoms with van der Waals surface area (Å²) in [6.45, 7) is 1.67. The molecule has 132 valence electrons. The number of hydrogen-bond donors (Lipinski definition) is 2. The zero-order valence-electron chi connectivity index (χ0n) is 13.8. The van der Waals surface area contributed by atoms with Crippen molar-refractivity contribution in [1.29, 1.82) is 0 Å². The van der Waals surface area contributed by atoms with Gasteiger partial charge in [0.05, 0.1) is 27.4 Å². The van der Waals surface area contributed by atoms with Crippen LogP contribution < -0.4 is 5.43 Å². The Kier molecular flexibility index (Phi) is 5.28. The van der Waals surface area contributed by atoms with Gasteiger partial charge in [-0.2, -0.15) is 5.10 Å². The predicted molar refractivity (Wildman–Crippen MR) is 100 cm³/mol. The highest BCUT2D eigenvalue weighted by Gasteiger charge is 2.09. The molecule has 0 aliphatic rings. The highest BCUT2D eigenvalue weighted by atomic mass is 32.2. The molecule has 1 amide bonds. The quantitative estimate of drug-likeness (QED) is 0.300. The Morgan fingerprint density at radius 3 is 2.88 bits per heavy atom. The first-order valence-electron chi connectivity index (χ1n) is 7.68. The zero-order chi connectivity index (χ0) is 18.5.